The number of benzene rings is 1. The van der Waals surface area contributed by atoms with Gasteiger partial charge in [-0.05, 0) is 30.3 Å². The number of carbonyl (C=O) groups is 1. The van der Waals surface area contributed by atoms with Crippen LogP contribution in [0.4, 0.5) is 17.2 Å². The summed E-state index contributed by atoms with van der Waals surface area (Å²) in [5.41, 5.74) is 1.54. The van der Waals surface area contributed by atoms with Crippen molar-refractivity contribution in [1.82, 2.24) is 4.98 Å². The van der Waals surface area contributed by atoms with Crippen LogP contribution in [0.25, 0.3) is 0 Å². The van der Waals surface area contributed by atoms with Gasteiger partial charge >= 0.3 is 0 Å². The smallest absolute Gasteiger partial charge is 0.222 e. The summed E-state index contributed by atoms with van der Waals surface area (Å²) >= 11 is 11.8. The molecule has 19 heavy (non-hydrogen) atoms. The first-order chi connectivity index (χ1) is 9.02. The standard InChI is InChI=1S/C13H11Cl2N3O/c1-8(19)17-13-3-2-11(7-16-13)18-12-5-9(14)4-10(15)6-12/h2-7,18H,1H3,(H,16,17,19). The van der Waals surface area contributed by atoms with Gasteiger partial charge in [-0.1, -0.05) is 23.2 Å². The van der Waals surface area contributed by atoms with E-state index in [4.69, 9.17) is 23.2 Å². The van der Waals surface area contributed by atoms with Gasteiger partial charge in [0.25, 0.3) is 0 Å². The zero-order valence-electron chi connectivity index (χ0n) is 10.1. The van der Waals surface area contributed by atoms with Gasteiger partial charge in [0.2, 0.25) is 5.91 Å². The van der Waals surface area contributed by atoms with Gasteiger partial charge in [-0.2, -0.15) is 0 Å². The van der Waals surface area contributed by atoms with E-state index < -0.39 is 0 Å². The second-order valence-electron chi connectivity index (χ2n) is 3.90. The second kappa shape index (κ2) is 5.91. The van der Waals surface area contributed by atoms with Crippen molar-refractivity contribution < 1.29 is 4.79 Å². The highest BCUT2D eigenvalue weighted by Gasteiger charge is 2.01. The number of nitrogens with zero attached hydrogens (tertiary/aromatic N) is 1. The summed E-state index contributed by atoms with van der Waals surface area (Å²) in [7, 11) is 0. The fraction of sp³-hybridized carbons (Fsp3) is 0.0769. The SMILES string of the molecule is CC(=O)Nc1ccc(Nc2cc(Cl)cc(Cl)c2)cn1. The van der Waals surface area contributed by atoms with Crippen LogP contribution in [0.5, 0.6) is 0 Å². The van der Waals surface area contributed by atoms with Crippen LogP contribution >= 0.6 is 23.2 Å². The number of hydrogen-bond donors (Lipinski definition) is 2. The van der Waals surface area contributed by atoms with Gasteiger partial charge < -0.3 is 10.6 Å². The number of nitrogens with one attached hydrogen (secondary N) is 2. The summed E-state index contributed by atoms with van der Waals surface area (Å²) in [4.78, 5) is 15.0. The number of rotatable bonds is 3. The number of carbonyl (C=O) groups excluding carboxylic acids is 1. The zero-order chi connectivity index (χ0) is 13.8. The first kappa shape index (κ1) is 13.6. The maximum absolute atomic E-state index is 10.9. The largest absolute Gasteiger partial charge is 0.354 e. The molecule has 0 fully saturated rings. The maximum atomic E-state index is 10.9. The maximum Gasteiger partial charge on any atom is 0.222 e. The average molecular weight is 296 g/mol. The summed E-state index contributed by atoms with van der Waals surface area (Å²) in [5.74, 6) is 0.344. The van der Waals surface area contributed by atoms with E-state index in [1.54, 1.807) is 36.5 Å². The molecule has 2 aromatic rings. The van der Waals surface area contributed by atoms with E-state index in [2.05, 4.69) is 15.6 Å². The summed E-state index contributed by atoms with van der Waals surface area (Å²) in [6, 6.07) is 8.68. The van der Waals surface area contributed by atoms with E-state index in [0.717, 1.165) is 11.4 Å². The highest BCUT2D eigenvalue weighted by Crippen LogP contribution is 2.25. The molecule has 98 valence electrons. The first-order valence-corrected chi connectivity index (χ1v) is 6.25. The molecule has 2 rings (SSSR count). The lowest BCUT2D eigenvalue weighted by molar-refractivity contribution is -0.114. The molecule has 0 spiro atoms. The Bertz CT molecular complexity index is 579. The highest BCUT2D eigenvalue weighted by atomic mass is 35.5. The molecule has 0 bridgehead atoms. The number of halogens is 2. The molecule has 1 heterocycles. The third kappa shape index (κ3) is 4.12. The van der Waals surface area contributed by atoms with Crippen LogP contribution in [0.15, 0.2) is 36.5 Å². The molecule has 0 aliphatic heterocycles. The minimum atomic E-state index is -0.158. The predicted molar refractivity (Wildman–Crippen MR) is 78.3 cm³/mol. The Morgan fingerprint density at radius 1 is 1.11 bits per heavy atom. The van der Waals surface area contributed by atoms with Crippen molar-refractivity contribution in [2.45, 2.75) is 6.92 Å². The molecule has 1 aromatic carbocycles. The molecule has 0 aliphatic rings. The summed E-state index contributed by atoms with van der Waals surface area (Å²) in [6.07, 6.45) is 1.61. The Labute approximate surface area is 120 Å². The lowest BCUT2D eigenvalue weighted by Gasteiger charge is -2.08. The zero-order valence-corrected chi connectivity index (χ0v) is 11.6. The topological polar surface area (TPSA) is 54.0 Å². The van der Waals surface area contributed by atoms with Crippen molar-refractivity contribution in [3.8, 4) is 0 Å². The van der Waals surface area contributed by atoms with Gasteiger partial charge in [0, 0.05) is 22.7 Å². The Morgan fingerprint density at radius 2 is 1.79 bits per heavy atom. The number of hydrogen-bond acceptors (Lipinski definition) is 3. The van der Waals surface area contributed by atoms with E-state index >= 15 is 0 Å². The van der Waals surface area contributed by atoms with Gasteiger partial charge in [0.15, 0.2) is 0 Å². The third-order valence-electron chi connectivity index (χ3n) is 2.22. The number of anilines is 3. The lowest BCUT2D eigenvalue weighted by Crippen LogP contribution is -2.07. The Balaban J connectivity index is 2.12. The molecule has 0 unspecified atom stereocenters. The van der Waals surface area contributed by atoms with E-state index in [1.165, 1.54) is 6.92 Å². The molecule has 1 amide bonds. The van der Waals surface area contributed by atoms with Gasteiger partial charge in [-0.25, -0.2) is 4.98 Å². The first-order valence-electron chi connectivity index (χ1n) is 5.50. The van der Waals surface area contributed by atoms with Gasteiger partial charge in [-0.3, -0.25) is 4.79 Å². The Hall–Kier alpha value is -1.78. The molecule has 0 saturated carbocycles. The quantitative estimate of drug-likeness (QED) is 0.897. The van der Waals surface area contributed by atoms with Gasteiger partial charge in [0.05, 0.1) is 11.9 Å². The molecule has 0 atom stereocenters. The molecule has 4 nitrogen and oxygen atoms in total. The van der Waals surface area contributed by atoms with Crippen molar-refractivity contribution >= 4 is 46.3 Å². The van der Waals surface area contributed by atoms with Crippen molar-refractivity contribution in [2.24, 2.45) is 0 Å². The molecule has 0 saturated heterocycles. The fourth-order valence-electron chi connectivity index (χ4n) is 1.51. The number of aromatic nitrogens is 1. The number of amides is 1. The van der Waals surface area contributed by atoms with Crippen LogP contribution in [0.1, 0.15) is 6.92 Å². The highest BCUT2D eigenvalue weighted by molar-refractivity contribution is 6.35. The van der Waals surface area contributed by atoms with Crippen LogP contribution in [-0.4, -0.2) is 10.9 Å². The van der Waals surface area contributed by atoms with Crippen molar-refractivity contribution in [1.29, 1.82) is 0 Å². The minimum Gasteiger partial charge on any atom is -0.354 e. The Morgan fingerprint density at radius 3 is 2.32 bits per heavy atom. The van der Waals surface area contributed by atoms with Crippen molar-refractivity contribution in [3.63, 3.8) is 0 Å². The molecular formula is C13H11Cl2N3O. The van der Waals surface area contributed by atoms with E-state index in [0.29, 0.717) is 15.9 Å². The number of pyridine rings is 1. The van der Waals surface area contributed by atoms with Gasteiger partial charge in [0.1, 0.15) is 5.82 Å². The monoisotopic (exact) mass is 295 g/mol. The van der Waals surface area contributed by atoms with E-state index in [9.17, 15) is 4.79 Å². The van der Waals surface area contributed by atoms with Crippen molar-refractivity contribution in [3.05, 3.63) is 46.6 Å². The molecular weight excluding hydrogens is 285 g/mol. The summed E-state index contributed by atoms with van der Waals surface area (Å²) < 4.78 is 0. The van der Waals surface area contributed by atoms with Crippen molar-refractivity contribution in [2.75, 3.05) is 10.6 Å². The normalized spacial score (nSPS) is 10.1. The fourth-order valence-corrected chi connectivity index (χ4v) is 2.04. The van der Waals surface area contributed by atoms with Crippen LogP contribution in [0.3, 0.4) is 0 Å². The third-order valence-corrected chi connectivity index (χ3v) is 2.66. The van der Waals surface area contributed by atoms with E-state index in [-0.39, 0.29) is 5.91 Å². The molecule has 6 heteroatoms. The molecule has 0 aliphatic carbocycles. The van der Waals surface area contributed by atoms with Crippen LogP contribution in [0, 0.1) is 0 Å². The summed E-state index contributed by atoms with van der Waals surface area (Å²) in [5, 5.41) is 6.82. The second-order valence-corrected chi connectivity index (χ2v) is 4.77. The van der Waals surface area contributed by atoms with Crippen LogP contribution in [-0.2, 0) is 4.79 Å². The molecule has 2 N–H and O–H groups in total. The molecule has 0 radical (unpaired) electrons. The van der Waals surface area contributed by atoms with Gasteiger partial charge in [-0.15, -0.1) is 0 Å². The van der Waals surface area contributed by atoms with Crippen LogP contribution in [0.2, 0.25) is 10.0 Å². The summed E-state index contributed by atoms with van der Waals surface area (Å²) in [6.45, 7) is 1.43. The predicted octanol–water partition coefficient (Wildman–Crippen LogP) is 4.09. The Kier molecular flexibility index (Phi) is 4.24. The van der Waals surface area contributed by atoms with Crippen LogP contribution < -0.4 is 10.6 Å². The minimum absolute atomic E-state index is 0.158. The van der Waals surface area contributed by atoms with E-state index in [1.807, 2.05) is 0 Å². The lowest BCUT2D eigenvalue weighted by atomic mass is 10.3. The average Bonchev–Trinajstić information content (AvgIpc) is 2.29. The molecule has 1 aromatic heterocycles.